The van der Waals surface area contributed by atoms with Crippen LogP contribution < -0.4 is 9.64 Å². The first-order valence-corrected chi connectivity index (χ1v) is 6.59. The quantitative estimate of drug-likeness (QED) is 0.801. The average Bonchev–Trinajstić information content (AvgIpc) is 2.81. The van der Waals surface area contributed by atoms with Crippen molar-refractivity contribution in [2.45, 2.75) is 25.7 Å². The van der Waals surface area contributed by atoms with Gasteiger partial charge in [0.05, 0.1) is 12.8 Å². The molecule has 1 aliphatic carbocycles. The number of hydrogen-bond acceptors (Lipinski definition) is 3. The Morgan fingerprint density at radius 1 is 1.39 bits per heavy atom. The summed E-state index contributed by atoms with van der Waals surface area (Å²) in [5.41, 5.74) is 1.09. The SMILES string of the molecule is COc1ccccc1N(C)CCC1CCCC1=O. The third-order valence-electron chi connectivity index (χ3n) is 3.74. The highest BCUT2D eigenvalue weighted by molar-refractivity contribution is 5.82. The summed E-state index contributed by atoms with van der Waals surface area (Å²) in [5.74, 6) is 1.61. The molecule has 18 heavy (non-hydrogen) atoms. The maximum absolute atomic E-state index is 11.6. The molecule has 3 heteroatoms. The van der Waals surface area contributed by atoms with Crippen LogP contribution in [0, 0.1) is 5.92 Å². The standard InChI is InChI=1S/C15H21NO2/c1-16(11-10-12-6-5-8-14(12)17)13-7-3-4-9-15(13)18-2/h3-4,7,9,12H,5-6,8,10-11H2,1-2H3. The van der Waals surface area contributed by atoms with Crippen LogP contribution in [0.1, 0.15) is 25.7 Å². The van der Waals surface area contributed by atoms with Crippen LogP contribution >= 0.6 is 0 Å². The predicted molar refractivity (Wildman–Crippen MR) is 73.2 cm³/mol. The molecule has 3 nitrogen and oxygen atoms in total. The molecule has 0 bridgehead atoms. The highest BCUT2D eigenvalue weighted by atomic mass is 16.5. The summed E-state index contributed by atoms with van der Waals surface area (Å²) in [7, 11) is 3.74. The number of hydrogen-bond donors (Lipinski definition) is 0. The van der Waals surface area contributed by atoms with E-state index in [1.165, 1.54) is 0 Å². The summed E-state index contributed by atoms with van der Waals surface area (Å²) in [5, 5.41) is 0. The molecule has 0 N–H and O–H groups in total. The van der Waals surface area contributed by atoms with E-state index in [9.17, 15) is 4.79 Å². The molecule has 1 fully saturated rings. The zero-order valence-corrected chi connectivity index (χ0v) is 11.2. The summed E-state index contributed by atoms with van der Waals surface area (Å²) in [6.45, 7) is 0.900. The first-order chi connectivity index (χ1) is 8.72. The molecule has 1 aromatic rings. The second kappa shape index (κ2) is 5.89. The lowest BCUT2D eigenvalue weighted by Gasteiger charge is -2.22. The average molecular weight is 247 g/mol. The van der Waals surface area contributed by atoms with E-state index < -0.39 is 0 Å². The lowest BCUT2D eigenvalue weighted by molar-refractivity contribution is -0.120. The van der Waals surface area contributed by atoms with Gasteiger partial charge in [-0.3, -0.25) is 4.79 Å². The topological polar surface area (TPSA) is 29.5 Å². The summed E-state index contributed by atoms with van der Waals surface area (Å²) in [6.07, 6.45) is 3.87. The monoisotopic (exact) mass is 247 g/mol. The van der Waals surface area contributed by atoms with E-state index in [0.717, 1.165) is 43.7 Å². The number of rotatable bonds is 5. The van der Waals surface area contributed by atoms with Crippen molar-refractivity contribution < 1.29 is 9.53 Å². The highest BCUT2D eigenvalue weighted by Gasteiger charge is 2.24. The Bertz CT molecular complexity index is 417. The lowest BCUT2D eigenvalue weighted by Crippen LogP contribution is -2.22. The third kappa shape index (κ3) is 2.84. The van der Waals surface area contributed by atoms with Crippen molar-refractivity contribution >= 4 is 11.5 Å². The number of Topliss-reactive ketones (excluding diaryl/α,β-unsaturated/α-hetero) is 1. The summed E-state index contributed by atoms with van der Waals surface area (Å²) >= 11 is 0. The number of ketones is 1. The van der Waals surface area contributed by atoms with Gasteiger partial charge < -0.3 is 9.64 Å². The van der Waals surface area contributed by atoms with Crippen LogP contribution in [-0.2, 0) is 4.79 Å². The summed E-state index contributed by atoms with van der Waals surface area (Å²) < 4.78 is 5.35. The van der Waals surface area contributed by atoms with Gasteiger partial charge in [0, 0.05) is 25.9 Å². The van der Waals surface area contributed by atoms with Crippen LogP contribution in [0.15, 0.2) is 24.3 Å². The number of methoxy groups -OCH3 is 1. The van der Waals surface area contributed by atoms with Crippen molar-refractivity contribution in [1.82, 2.24) is 0 Å². The minimum atomic E-state index is 0.280. The summed E-state index contributed by atoms with van der Waals surface area (Å²) in [4.78, 5) is 13.8. The number of benzene rings is 1. The van der Waals surface area contributed by atoms with E-state index in [1.807, 2.05) is 18.2 Å². The molecule has 1 atom stereocenters. The molecular weight excluding hydrogens is 226 g/mol. The minimum Gasteiger partial charge on any atom is -0.495 e. The van der Waals surface area contributed by atoms with Crippen molar-refractivity contribution in [1.29, 1.82) is 0 Å². The molecule has 0 spiro atoms. The first kappa shape index (κ1) is 12.9. The predicted octanol–water partition coefficient (Wildman–Crippen LogP) is 2.89. The molecule has 0 amide bonds. The lowest BCUT2D eigenvalue weighted by atomic mass is 10.0. The molecule has 1 unspecified atom stereocenters. The zero-order valence-electron chi connectivity index (χ0n) is 11.2. The Morgan fingerprint density at radius 2 is 2.17 bits per heavy atom. The van der Waals surface area contributed by atoms with Gasteiger partial charge in [0.2, 0.25) is 0 Å². The third-order valence-corrected chi connectivity index (χ3v) is 3.74. The number of para-hydroxylation sites is 2. The molecule has 0 saturated heterocycles. The number of anilines is 1. The van der Waals surface area contributed by atoms with E-state index in [-0.39, 0.29) is 5.92 Å². The molecule has 0 heterocycles. The fraction of sp³-hybridized carbons (Fsp3) is 0.533. The van der Waals surface area contributed by atoms with Crippen molar-refractivity contribution in [3.63, 3.8) is 0 Å². The Balaban J connectivity index is 1.94. The maximum atomic E-state index is 11.6. The van der Waals surface area contributed by atoms with Gasteiger partial charge in [0.25, 0.3) is 0 Å². The van der Waals surface area contributed by atoms with E-state index in [2.05, 4.69) is 18.0 Å². The molecule has 1 aliphatic rings. The normalized spacial score (nSPS) is 19.0. The van der Waals surface area contributed by atoms with Crippen molar-refractivity contribution in [2.24, 2.45) is 5.92 Å². The molecule has 1 aromatic carbocycles. The van der Waals surface area contributed by atoms with Gasteiger partial charge in [0.15, 0.2) is 0 Å². The van der Waals surface area contributed by atoms with Gasteiger partial charge in [-0.15, -0.1) is 0 Å². The smallest absolute Gasteiger partial charge is 0.142 e. The van der Waals surface area contributed by atoms with Gasteiger partial charge >= 0.3 is 0 Å². The van der Waals surface area contributed by atoms with Crippen LogP contribution in [0.5, 0.6) is 5.75 Å². The van der Waals surface area contributed by atoms with Crippen LogP contribution in [0.2, 0.25) is 0 Å². The Kier molecular flexibility index (Phi) is 4.24. The molecule has 0 radical (unpaired) electrons. The molecular formula is C15H21NO2. The van der Waals surface area contributed by atoms with Crippen molar-refractivity contribution in [2.75, 3.05) is 25.6 Å². The van der Waals surface area contributed by atoms with Crippen molar-refractivity contribution in [3.05, 3.63) is 24.3 Å². The number of nitrogens with zero attached hydrogens (tertiary/aromatic N) is 1. The summed E-state index contributed by atoms with van der Waals surface area (Å²) in [6, 6.07) is 7.99. The molecule has 2 rings (SSSR count). The fourth-order valence-corrected chi connectivity index (χ4v) is 2.61. The minimum absolute atomic E-state index is 0.280. The second-order valence-corrected chi connectivity index (χ2v) is 4.94. The molecule has 1 saturated carbocycles. The first-order valence-electron chi connectivity index (χ1n) is 6.59. The van der Waals surface area contributed by atoms with Crippen LogP contribution in [0.4, 0.5) is 5.69 Å². The van der Waals surface area contributed by atoms with Crippen LogP contribution in [0.25, 0.3) is 0 Å². The van der Waals surface area contributed by atoms with Gasteiger partial charge in [-0.05, 0) is 31.4 Å². The number of carbonyl (C=O) groups excluding carboxylic acids is 1. The van der Waals surface area contributed by atoms with Gasteiger partial charge in [-0.1, -0.05) is 12.1 Å². The van der Waals surface area contributed by atoms with Gasteiger partial charge in [-0.25, -0.2) is 0 Å². The second-order valence-electron chi connectivity index (χ2n) is 4.94. The van der Waals surface area contributed by atoms with E-state index in [0.29, 0.717) is 5.78 Å². The Hall–Kier alpha value is -1.51. The highest BCUT2D eigenvalue weighted by Crippen LogP contribution is 2.29. The fourth-order valence-electron chi connectivity index (χ4n) is 2.61. The van der Waals surface area contributed by atoms with Crippen LogP contribution in [0.3, 0.4) is 0 Å². The van der Waals surface area contributed by atoms with Crippen molar-refractivity contribution in [3.8, 4) is 5.75 Å². The maximum Gasteiger partial charge on any atom is 0.142 e. The zero-order chi connectivity index (χ0) is 13.0. The molecule has 0 aromatic heterocycles. The van der Waals surface area contributed by atoms with E-state index in [4.69, 9.17) is 4.74 Å². The van der Waals surface area contributed by atoms with Gasteiger partial charge in [-0.2, -0.15) is 0 Å². The largest absolute Gasteiger partial charge is 0.495 e. The molecule has 98 valence electrons. The number of ether oxygens (including phenoxy) is 1. The Labute approximate surface area is 109 Å². The Morgan fingerprint density at radius 3 is 2.83 bits per heavy atom. The molecule has 0 aliphatic heterocycles. The van der Waals surface area contributed by atoms with E-state index in [1.54, 1.807) is 7.11 Å². The number of carbonyl (C=O) groups is 1. The van der Waals surface area contributed by atoms with Crippen LogP contribution in [-0.4, -0.2) is 26.5 Å². The van der Waals surface area contributed by atoms with Gasteiger partial charge in [0.1, 0.15) is 11.5 Å². The van der Waals surface area contributed by atoms with E-state index >= 15 is 0 Å².